The molecule has 1 saturated heterocycles. The van der Waals surface area contributed by atoms with Gasteiger partial charge in [0.25, 0.3) is 0 Å². The lowest BCUT2D eigenvalue weighted by molar-refractivity contribution is -0.109. The zero-order valence-electron chi connectivity index (χ0n) is 10.6. The quantitative estimate of drug-likeness (QED) is 0.713. The van der Waals surface area contributed by atoms with Gasteiger partial charge in [0.1, 0.15) is 18.1 Å². The fourth-order valence-corrected chi connectivity index (χ4v) is 1.76. The van der Waals surface area contributed by atoms with Gasteiger partial charge in [-0.3, -0.25) is 0 Å². The highest BCUT2D eigenvalue weighted by atomic mass is 19.1. The van der Waals surface area contributed by atoms with Crippen LogP contribution in [0.2, 0.25) is 0 Å². The molecular weight excluding hydrogens is 225 g/mol. The van der Waals surface area contributed by atoms with Crippen molar-refractivity contribution < 1.29 is 18.7 Å². The van der Waals surface area contributed by atoms with E-state index in [0.717, 1.165) is 0 Å². The summed E-state index contributed by atoms with van der Waals surface area (Å²) in [5.41, 5.74) is -0.498. The van der Waals surface area contributed by atoms with Crippen LogP contribution in [0.4, 0.5) is 9.18 Å². The summed E-state index contributed by atoms with van der Waals surface area (Å²) in [6.07, 6.45) is -0.548. The molecule has 0 aromatic rings. The Labute approximate surface area is 101 Å². The fourth-order valence-electron chi connectivity index (χ4n) is 1.76. The highest BCUT2D eigenvalue weighted by molar-refractivity contribution is 5.69. The predicted molar refractivity (Wildman–Crippen MR) is 61.5 cm³/mol. The van der Waals surface area contributed by atoms with Crippen molar-refractivity contribution >= 4 is 12.4 Å². The van der Waals surface area contributed by atoms with E-state index in [9.17, 15) is 14.0 Å². The van der Waals surface area contributed by atoms with Crippen molar-refractivity contribution in [3.63, 3.8) is 0 Å². The molecule has 1 atom stereocenters. The first kappa shape index (κ1) is 13.9. The first-order valence-corrected chi connectivity index (χ1v) is 5.87. The van der Waals surface area contributed by atoms with Gasteiger partial charge in [-0.25, -0.2) is 9.18 Å². The van der Waals surface area contributed by atoms with Crippen LogP contribution in [-0.2, 0) is 9.53 Å². The van der Waals surface area contributed by atoms with Gasteiger partial charge in [0, 0.05) is 19.5 Å². The summed E-state index contributed by atoms with van der Waals surface area (Å²) in [5.74, 6) is 0.150. The van der Waals surface area contributed by atoms with Crippen molar-refractivity contribution in [2.75, 3.05) is 13.1 Å². The smallest absolute Gasteiger partial charge is 0.410 e. The van der Waals surface area contributed by atoms with E-state index in [1.165, 1.54) is 0 Å². The summed E-state index contributed by atoms with van der Waals surface area (Å²) in [4.78, 5) is 23.2. The zero-order valence-corrected chi connectivity index (χ0v) is 10.6. The number of alkyl halides is 1. The summed E-state index contributed by atoms with van der Waals surface area (Å²) in [6, 6.07) is 0. The number of carbonyl (C=O) groups excluding carboxylic acids is 2. The van der Waals surface area contributed by atoms with Crippen molar-refractivity contribution in [1.29, 1.82) is 0 Å². The van der Waals surface area contributed by atoms with E-state index in [4.69, 9.17) is 4.74 Å². The topological polar surface area (TPSA) is 46.6 Å². The molecule has 0 aromatic carbocycles. The van der Waals surface area contributed by atoms with Crippen molar-refractivity contribution in [1.82, 2.24) is 4.90 Å². The Morgan fingerprint density at radius 2 is 2.12 bits per heavy atom. The number of hydrogen-bond acceptors (Lipinski definition) is 3. The average molecular weight is 245 g/mol. The van der Waals surface area contributed by atoms with E-state index in [1.54, 1.807) is 4.90 Å². The molecular formula is C12H20FNO3. The molecule has 1 aliphatic heterocycles. The van der Waals surface area contributed by atoms with E-state index >= 15 is 0 Å². The maximum atomic E-state index is 13.1. The standard InChI is InChI=1S/C12H20FNO3/c1-12(2,3)17-11(16)14-7-9(8-14)6-10(13)4-5-15/h5,9-10H,4,6-8H2,1-3H3. The molecule has 0 aliphatic carbocycles. The maximum absolute atomic E-state index is 13.1. The van der Waals surface area contributed by atoms with Crippen LogP contribution in [0.3, 0.4) is 0 Å². The van der Waals surface area contributed by atoms with Crippen molar-refractivity contribution in [2.45, 2.75) is 45.4 Å². The second-order valence-corrected chi connectivity index (χ2v) is 5.49. The fraction of sp³-hybridized carbons (Fsp3) is 0.833. The lowest BCUT2D eigenvalue weighted by Crippen LogP contribution is -2.52. The maximum Gasteiger partial charge on any atom is 0.410 e. The summed E-state index contributed by atoms with van der Waals surface area (Å²) in [7, 11) is 0. The average Bonchev–Trinajstić information content (AvgIpc) is 2.07. The largest absolute Gasteiger partial charge is 0.444 e. The van der Waals surface area contributed by atoms with Gasteiger partial charge in [0.2, 0.25) is 0 Å². The van der Waals surface area contributed by atoms with Gasteiger partial charge in [0.15, 0.2) is 0 Å². The summed E-state index contributed by atoms with van der Waals surface area (Å²) >= 11 is 0. The second-order valence-electron chi connectivity index (χ2n) is 5.49. The number of carbonyl (C=O) groups is 2. The number of aldehydes is 1. The molecule has 0 bridgehead atoms. The molecule has 1 fully saturated rings. The Morgan fingerprint density at radius 1 is 1.53 bits per heavy atom. The number of halogens is 1. The molecule has 1 amide bonds. The molecule has 0 N–H and O–H groups in total. The molecule has 4 nitrogen and oxygen atoms in total. The van der Waals surface area contributed by atoms with Gasteiger partial charge in [-0.15, -0.1) is 0 Å². The first-order valence-electron chi connectivity index (χ1n) is 5.87. The third-order valence-corrected chi connectivity index (χ3v) is 2.55. The van der Waals surface area contributed by atoms with Crippen molar-refractivity contribution in [3.8, 4) is 0 Å². The molecule has 0 spiro atoms. The Morgan fingerprint density at radius 3 is 2.59 bits per heavy atom. The lowest BCUT2D eigenvalue weighted by Gasteiger charge is -2.40. The Kier molecular flexibility index (Phi) is 4.48. The monoisotopic (exact) mass is 245 g/mol. The van der Waals surface area contributed by atoms with Crippen LogP contribution in [0.15, 0.2) is 0 Å². The molecule has 17 heavy (non-hydrogen) atoms. The predicted octanol–water partition coefficient (Wildman–Crippen LogP) is 2.17. The normalized spacial score (nSPS) is 18.5. The molecule has 1 heterocycles. The number of rotatable bonds is 4. The van der Waals surface area contributed by atoms with Gasteiger partial charge < -0.3 is 14.4 Å². The first-order chi connectivity index (χ1) is 7.81. The number of ether oxygens (including phenoxy) is 1. The third-order valence-electron chi connectivity index (χ3n) is 2.55. The van der Waals surface area contributed by atoms with Crippen molar-refractivity contribution in [3.05, 3.63) is 0 Å². The van der Waals surface area contributed by atoms with Crippen molar-refractivity contribution in [2.24, 2.45) is 5.92 Å². The zero-order chi connectivity index (χ0) is 13.1. The third kappa shape index (κ3) is 4.71. The summed E-state index contributed by atoms with van der Waals surface area (Å²) < 4.78 is 18.3. The Bertz CT molecular complexity index is 282. The van der Waals surface area contributed by atoms with Gasteiger partial charge >= 0.3 is 6.09 Å². The molecule has 0 saturated carbocycles. The molecule has 98 valence electrons. The summed E-state index contributed by atoms with van der Waals surface area (Å²) in [5, 5.41) is 0. The van der Waals surface area contributed by atoms with Gasteiger partial charge in [-0.1, -0.05) is 0 Å². The van der Waals surface area contributed by atoms with Crippen LogP contribution in [0, 0.1) is 5.92 Å². The number of likely N-dealkylation sites (tertiary alicyclic amines) is 1. The van der Waals surface area contributed by atoms with E-state index in [1.807, 2.05) is 20.8 Å². The lowest BCUT2D eigenvalue weighted by atomic mass is 9.93. The van der Waals surface area contributed by atoms with E-state index in [0.29, 0.717) is 25.8 Å². The van der Waals surface area contributed by atoms with E-state index in [2.05, 4.69) is 0 Å². The molecule has 1 aliphatic rings. The Hall–Kier alpha value is -1.13. The minimum Gasteiger partial charge on any atom is -0.444 e. The molecule has 0 radical (unpaired) electrons. The van der Waals surface area contributed by atoms with Gasteiger partial charge in [-0.2, -0.15) is 0 Å². The molecule has 0 aromatic heterocycles. The highest BCUT2D eigenvalue weighted by Gasteiger charge is 2.34. The molecule has 1 unspecified atom stereocenters. The second kappa shape index (κ2) is 5.47. The van der Waals surface area contributed by atoms with Crippen LogP contribution in [0.1, 0.15) is 33.6 Å². The molecule has 5 heteroatoms. The van der Waals surface area contributed by atoms with E-state index in [-0.39, 0.29) is 18.4 Å². The highest BCUT2D eigenvalue weighted by Crippen LogP contribution is 2.24. The van der Waals surface area contributed by atoms with Crippen LogP contribution >= 0.6 is 0 Å². The minimum atomic E-state index is -1.08. The minimum absolute atomic E-state index is 0.0526. The molecule has 1 rings (SSSR count). The van der Waals surface area contributed by atoms with Crippen LogP contribution in [-0.4, -0.2) is 42.1 Å². The number of amides is 1. The number of nitrogens with zero attached hydrogens (tertiary/aromatic N) is 1. The Balaban J connectivity index is 2.22. The van der Waals surface area contributed by atoms with Crippen LogP contribution in [0.5, 0.6) is 0 Å². The van der Waals surface area contributed by atoms with Gasteiger partial charge in [0.05, 0.1) is 0 Å². The number of hydrogen-bond donors (Lipinski definition) is 0. The summed E-state index contributed by atoms with van der Waals surface area (Å²) in [6.45, 7) is 6.47. The van der Waals surface area contributed by atoms with E-state index < -0.39 is 11.8 Å². The van der Waals surface area contributed by atoms with Crippen LogP contribution in [0.25, 0.3) is 0 Å². The van der Waals surface area contributed by atoms with Crippen LogP contribution < -0.4 is 0 Å². The SMILES string of the molecule is CC(C)(C)OC(=O)N1CC(CC(F)CC=O)C1. The van der Waals surface area contributed by atoms with Gasteiger partial charge in [-0.05, 0) is 33.1 Å².